The van der Waals surface area contributed by atoms with Crippen molar-refractivity contribution in [3.05, 3.63) is 77.2 Å². The van der Waals surface area contributed by atoms with E-state index in [2.05, 4.69) is 50.1 Å². The number of nitrogens with zero attached hydrogens (tertiary/aromatic N) is 15. The van der Waals surface area contributed by atoms with Crippen molar-refractivity contribution < 1.29 is 27.0 Å². The molecule has 48 heavy (non-hydrogen) atoms. The summed E-state index contributed by atoms with van der Waals surface area (Å²) in [7, 11) is 0. The third-order valence-corrected chi connectivity index (χ3v) is 6.51. The van der Waals surface area contributed by atoms with E-state index < -0.39 is 11.4 Å². The van der Waals surface area contributed by atoms with E-state index in [-0.39, 0.29) is 98.7 Å². The predicted octanol–water partition coefficient (Wildman–Crippen LogP) is 4.32. The van der Waals surface area contributed by atoms with Gasteiger partial charge in [0.05, 0.1) is 17.2 Å². The third-order valence-electron chi connectivity index (χ3n) is 6.51. The van der Waals surface area contributed by atoms with Crippen LogP contribution in [0.4, 0.5) is 34.9 Å². The quantitative estimate of drug-likeness (QED) is 0.212. The van der Waals surface area contributed by atoms with E-state index in [9.17, 15) is 19.8 Å². The number of hydrogen-bond donors (Lipinski definition) is 2. The maximum absolute atomic E-state index is 12.0. The largest absolute Gasteiger partial charge is 2.00 e. The van der Waals surface area contributed by atoms with Crippen molar-refractivity contribution in [2.45, 2.75) is 47.7 Å². The van der Waals surface area contributed by atoms with Crippen molar-refractivity contribution in [1.82, 2.24) is 29.1 Å². The molecular weight excluding hydrogens is 669 g/mol. The van der Waals surface area contributed by atoms with Gasteiger partial charge in [0.1, 0.15) is 35.3 Å². The molecule has 0 aliphatic rings. The van der Waals surface area contributed by atoms with Gasteiger partial charge in [0.2, 0.25) is 17.7 Å². The number of aromatic hydroxyl groups is 2. The number of hydrogen-bond acceptors (Lipinski definition) is 13. The molecule has 0 aliphatic heterocycles. The Bertz CT molecular complexity index is 2230. The third kappa shape index (κ3) is 7.14. The van der Waals surface area contributed by atoms with Crippen LogP contribution >= 0.6 is 0 Å². The van der Waals surface area contributed by atoms with Crippen LogP contribution in [0.3, 0.4) is 0 Å². The van der Waals surface area contributed by atoms with Gasteiger partial charge < -0.3 is 29.9 Å². The number of imidazole rings is 2. The number of aromatic nitrogens is 6. The van der Waals surface area contributed by atoms with E-state index in [0.717, 1.165) is 4.57 Å². The van der Waals surface area contributed by atoms with Crippen LogP contribution < -0.4 is 21.1 Å². The summed E-state index contributed by atoms with van der Waals surface area (Å²) in [5, 5.41) is 62.2. The van der Waals surface area contributed by atoms with Gasteiger partial charge in [-0.25, -0.2) is 11.7 Å². The normalized spacial score (nSPS) is 10.2. The second-order valence-corrected chi connectivity index (χ2v) is 9.04. The van der Waals surface area contributed by atoms with Crippen LogP contribution in [-0.4, -0.2) is 29.3 Å². The zero-order valence-corrected chi connectivity index (χ0v) is 26.7. The van der Waals surface area contributed by atoms with Gasteiger partial charge in [-0.1, -0.05) is 6.57 Å². The second kappa shape index (κ2) is 15.9. The van der Waals surface area contributed by atoms with Gasteiger partial charge in [-0.05, 0) is 40.2 Å². The Balaban J connectivity index is 0.000000327. The molecule has 241 valence electrons. The molecular formula is C28H21CoN15O4. The van der Waals surface area contributed by atoms with E-state index in [1.165, 1.54) is 11.5 Å². The Morgan fingerprint density at radius 1 is 0.771 bits per heavy atom. The molecule has 4 aromatic heterocycles. The van der Waals surface area contributed by atoms with Crippen molar-refractivity contribution in [3.8, 4) is 30.0 Å². The Morgan fingerprint density at radius 2 is 1.31 bits per heavy atom. The van der Waals surface area contributed by atoms with Gasteiger partial charge in [0, 0.05) is 30.2 Å². The number of pyridine rings is 2. The van der Waals surface area contributed by atoms with Crippen molar-refractivity contribution >= 4 is 34.9 Å². The molecule has 0 aliphatic carbocycles. The molecule has 0 fully saturated rings. The van der Waals surface area contributed by atoms with Gasteiger partial charge in [-0.2, -0.15) is 15.8 Å². The summed E-state index contributed by atoms with van der Waals surface area (Å²) in [6, 6.07) is 5.24. The molecule has 20 heteroatoms. The van der Waals surface area contributed by atoms with Crippen molar-refractivity contribution in [3.63, 3.8) is 0 Å². The minimum Gasteiger partial charge on any atom is -0.562 e. The monoisotopic (exact) mass is 690 g/mol. The van der Waals surface area contributed by atoms with Gasteiger partial charge in [0.25, 0.3) is 11.1 Å². The molecule has 2 N–H and O–H groups in total. The predicted molar refractivity (Wildman–Crippen MR) is 160 cm³/mol. The molecule has 0 bridgehead atoms. The Hall–Kier alpha value is -6.92. The van der Waals surface area contributed by atoms with Gasteiger partial charge in [0.15, 0.2) is 5.69 Å². The number of rotatable bonds is 6. The summed E-state index contributed by atoms with van der Waals surface area (Å²) < 4.78 is 2.16. The molecule has 4 aromatic rings. The molecule has 0 aromatic carbocycles. The Kier molecular flexibility index (Phi) is 12.3. The smallest absolute Gasteiger partial charge is 0.562 e. The summed E-state index contributed by atoms with van der Waals surface area (Å²) in [5.74, 6) is -1.53. The molecule has 0 atom stereocenters. The van der Waals surface area contributed by atoms with Crippen LogP contribution in [0.25, 0.3) is 9.69 Å². The van der Waals surface area contributed by atoms with Crippen LogP contribution in [0.15, 0.2) is 30.0 Å². The molecule has 0 spiro atoms. The molecule has 0 saturated heterocycles. The Labute approximate surface area is 281 Å². The molecule has 1 radical (unpaired) electrons. The first-order valence-electron chi connectivity index (χ1n) is 13.2. The fourth-order valence-corrected chi connectivity index (χ4v) is 3.93. The zero-order chi connectivity index (χ0) is 35.0. The summed E-state index contributed by atoms with van der Waals surface area (Å²) in [5.41, 5.74) is -0.238. The van der Waals surface area contributed by atoms with Crippen LogP contribution in [0.5, 0.6) is 11.8 Å². The second-order valence-electron chi connectivity index (χ2n) is 9.04. The zero-order valence-electron chi connectivity index (χ0n) is 25.7. The first kappa shape index (κ1) is 37.3. The molecule has 4 rings (SSSR count). The molecule has 4 heterocycles. The SMILES string of the molecule is CCn1c(O)c(N=Nc2nc(C#N)c(C#N)[n-]2)c(C)c(C)c1=O.[C-]#[N+]c1nc(N=Nc2c(C)c(C#N)c(=O)n(CC)c2O)[n-]c1[N+]#[C-].[Co+2]. The summed E-state index contributed by atoms with van der Waals surface area (Å²) in [4.78, 5) is 45.1. The topological polar surface area (TPSA) is 268 Å². The van der Waals surface area contributed by atoms with Crippen molar-refractivity contribution in [2.24, 2.45) is 20.5 Å². The van der Waals surface area contributed by atoms with Gasteiger partial charge >= 0.3 is 16.8 Å². The van der Waals surface area contributed by atoms with E-state index in [1.807, 2.05) is 0 Å². The molecule has 19 nitrogen and oxygen atoms in total. The van der Waals surface area contributed by atoms with Crippen LogP contribution in [-0.2, 0) is 29.9 Å². The summed E-state index contributed by atoms with van der Waals surface area (Å²) in [6.07, 6.45) is 0. The van der Waals surface area contributed by atoms with E-state index in [4.69, 9.17) is 28.9 Å². The van der Waals surface area contributed by atoms with E-state index in [0.29, 0.717) is 11.1 Å². The minimum atomic E-state index is -0.621. The fourth-order valence-electron chi connectivity index (χ4n) is 3.93. The average Bonchev–Trinajstić information content (AvgIpc) is 3.67. The van der Waals surface area contributed by atoms with Crippen LogP contribution in [0.1, 0.15) is 47.5 Å². The Morgan fingerprint density at radius 3 is 1.75 bits per heavy atom. The minimum absolute atomic E-state index is 0. The van der Waals surface area contributed by atoms with E-state index in [1.54, 1.807) is 45.9 Å². The number of azo groups is 2. The fraction of sp³-hybridized carbons (Fsp3) is 0.250. The van der Waals surface area contributed by atoms with Crippen molar-refractivity contribution in [2.75, 3.05) is 0 Å². The van der Waals surface area contributed by atoms with E-state index >= 15 is 0 Å². The maximum atomic E-state index is 12.0. The maximum Gasteiger partial charge on any atom is 2.00 e. The van der Waals surface area contributed by atoms with Gasteiger partial charge in [-0.3, -0.25) is 33.8 Å². The number of nitriles is 3. The van der Waals surface area contributed by atoms with Crippen LogP contribution in [0.2, 0.25) is 0 Å². The van der Waals surface area contributed by atoms with Gasteiger partial charge in [-0.15, -0.1) is 10.2 Å². The first-order chi connectivity index (χ1) is 22.4. The standard InChI is InChI=1S/C14H10N8O2.C14H13N7O2.Co/c1-5-22-12(23)8(6-15)7(2)9(13(22)24)20-21-14-18-10(16-3)11(17-4)19-14;1-4-21-12(22)8(3)7(2)11(13(21)23)19-20-14-17-9(5-15)10(6-16)18-14;/h5H2,1-2H3,(H2,18,19,20,21,23,24);4H2,1-3H3,(H2,17,18,19,20,22,23);/q;;+2/p-2. The van der Waals surface area contributed by atoms with Crippen LogP contribution in [0, 0.1) is 67.9 Å². The molecule has 0 amide bonds. The average molecular weight is 691 g/mol. The van der Waals surface area contributed by atoms with Crippen molar-refractivity contribution in [1.29, 1.82) is 15.8 Å². The molecule has 0 saturated carbocycles. The molecule has 0 unspecified atom stereocenters. The first-order valence-corrected chi connectivity index (χ1v) is 13.2. The summed E-state index contributed by atoms with van der Waals surface area (Å²) >= 11 is 0. The summed E-state index contributed by atoms with van der Waals surface area (Å²) in [6.45, 7) is 22.3.